The monoisotopic (exact) mass is 383 g/mol. The highest BCUT2D eigenvalue weighted by Gasteiger charge is 2.50. The molecule has 1 fully saturated rings. The van der Waals surface area contributed by atoms with Crippen LogP contribution in [0.5, 0.6) is 0 Å². The average Bonchev–Trinajstić information content (AvgIpc) is 2.62. The van der Waals surface area contributed by atoms with Gasteiger partial charge in [0.25, 0.3) is 5.91 Å². The number of allylic oxidation sites excluding steroid dienone is 1. The minimum absolute atomic E-state index is 0.107. The number of hydrogen-bond acceptors (Lipinski definition) is 6. The molecule has 1 saturated heterocycles. The van der Waals surface area contributed by atoms with E-state index in [-0.39, 0.29) is 6.29 Å². The number of hydrogen-bond donors (Lipinski definition) is 4. The third-order valence-electron chi connectivity index (χ3n) is 3.58. The third-order valence-corrected chi connectivity index (χ3v) is 4.38. The maximum atomic E-state index is 12.2. The summed E-state index contributed by atoms with van der Waals surface area (Å²) in [4.78, 5) is 47.0. The highest BCUT2D eigenvalue weighted by atomic mass is 35.5. The molecule has 0 aromatic heterocycles. The van der Waals surface area contributed by atoms with Crippen molar-refractivity contribution in [3.63, 3.8) is 0 Å². The number of likely N-dealkylation sites (tertiary alicyclic amines) is 1. The molecule has 1 aromatic rings. The van der Waals surface area contributed by atoms with Crippen LogP contribution in [0.4, 0.5) is 0 Å². The van der Waals surface area contributed by atoms with Crippen LogP contribution in [-0.4, -0.2) is 45.5 Å². The molecule has 0 bridgehead atoms. The number of thiol groups is 1. The number of rotatable bonds is 6. The van der Waals surface area contributed by atoms with Gasteiger partial charge in [-0.2, -0.15) is 12.6 Å². The lowest BCUT2D eigenvalue weighted by Crippen LogP contribution is -2.69. The third kappa shape index (κ3) is 3.68. The Labute approximate surface area is 153 Å². The molecule has 0 spiro atoms. The van der Waals surface area contributed by atoms with Gasteiger partial charge < -0.3 is 16.2 Å². The van der Waals surface area contributed by atoms with Gasteiger partial charge in [0.05, 0.1) is 0 Å². The maximum Gasteiger partial charge on any atom is 0.354 e. The maximum absolute atomic E-state index is 12.2. The lowest BCUT2D eigenvalue weighted by molar-refractivity contribution is -0.150. The second kappa shape index (κ2) is 7.68. The van der Waals surface area contributed by atoms with Crippen molar-refractivity contribution in [1.82, 2.24) is 10.2 Å². The largest absolute Gasteiger partial charge is 0.477 e. The Morgan fingerprint density at radius 2 is 1.96 bits per heavy atom. The van der Waals surface area contributed by atoms with Gasteiger partial charge in [0.1, 0.15) is 22.5 Å². The van der Waals surface area contributed by atoms with Crippen molar-refractivity contribution in [3.05, 3.63) is 46.6 Å². The van der Waals surface area contributed by atoms with E-state index in [0.717, 1.165) is 4.90 Å². The number of carboxylic acid groups (broad SMARTS) is 1. The molecule has 0 saturated carbocycles. The predicted molar refractivity (Wildman–Crippen MR) is 91.5 cm³/mol. The van der Waals surface area contributed by atoms with E-state index in [2.05, 4.69) is 17.9 Å². The number of amides is 2. The van der Waals surface area contributed by atoms with Crippen molar-refractivity contribution in [2.24, 2.45) is 5.73 Å². The van der Waals surface area contributed by atoms with E-state index in [0.29, 0.717) is 5.56 Å². The zero-order valence-corrected chi connectivity index (χ0v) is 14.3. The molecule has 0 unspecified atom stereocenters. The Hall–Kier alpha value is -2.36. The summed E-state index contributed by atoms with van der Waals surface area (Å²) in [6.45, 7) is 0. The molecule has 2 rings (SSSR count). The zero-order chi connectivity index (χ0) is 18.7. The average molecular weight is 384 g/mol. The fourth-order valence-electron chi connectivity index (χ4n) is 2.28. The molecule has 2 amide bonds. The molecule has 3 atom stereocenters. The Morgan fingerprint density at radius 3 is 2.44 bits per heavy atom. The van der Waals surface area contributed by atoms with Crippen LogP contribution >= 0.6 is 24.2 Å². The number of carbonyl (C=O) groups excluding carboxylic acids is 3. The lowest BCUT2D eigenvalue weighted by atomic mass is 10.0. The second-order valence-electron chi connectivity index (χ2n) is 5.12. The van der Waals surface area contributed by atoms with Gasteiger partial charge in [-0.15, -0.1) is 0 Å². The highest BCUT2D eigenvalue weighted by Crippen LogP contribution is 2.30. The van der Waals surface area contributed by atoms with E-state index < -0.39 is 46.0 Å². The van der Waals surface area contributed by atoms with E-state index in [1.54, 1.807) is 30.3 Å². The van der Waals surface area contributed by atoms with Gasteiger partial charge in [-0.1, -0.05) is 41.9 Å². The minimum Gasteiger partial charge on any atom is -0.477 e. The Balaban J connectivity index is 2.11. The van der Waals surface area contributed by atoms with Crippen LogP contribution in [0.25, 0.3) is 0 Å². The quantitative estimate of drug-likeness (QED) is 0.237. The molecule has 10 heteroatoms. The molecule has 1 heterocycles. The lowest BCUT2D eigenvalue weighted by Gasteiger charge is -2.44. The summed E-state index contributed by atoms with van der Waals surface area (Å²) in [5.74, 6) is -2.94. The molecule has 1 aromatic carbocycles. The second-order valence-corrected chi connectivity index (χ2v) is 6.05. The first kappa shape index (κ1) is 19.0. The van der Waals surface area contributed by atoms with Gasteiger partial charge in [-0.05, 0) is 5.56 Å². The Bertz CT molecular complexity index is 755. The number of nitrogens with two attached hydrogens (primary N) is 1. The van der Waals surface area contributed by atoms with Gasteiger partial charge in [0.2, 0.25) is 5.91 Å². The summed E-state index contributed by atoms with van der Waals surface area (Å²) in [5.41, 5.74) is 5.69. The number of aldehydes is 1. The zero-order valence-electron chi connectivity index (χ0n) is 12.6. The van der Waals surface area contributed by atoms with Gasteiger partial charge >= 0.3 is 5.97 Å². The molecule has 1 aliphatic rings. The molecular weight excluding hydrogens is 370 g/mol. The number of β-lactam (4-membered cyclic amide) rings is 1. The number of carbonyl (C=O) groups is 4. The van der Waals surface area contributed by atoms with Crippen molar-refractivity contribution in [1.29, 1.82) is 0 Å². The number of halogens is 1. The topological polar surface area (TPSA) is 130 Å². The number of nitrogens with one attached hydrogen (secondary N) is 1. The minimum atomic E-state index is -1.56. The van der Waals surface area contributed by atoms with Crippen LogP contribution < -0.4 is 11.1 Å². The van der Waals surface area contributed by atoms with Crippen molar-refractivity contribution >= 4 is 48.3 Å². The van der Waals surface area contributed by atoms with Crippen LogP contribution in [0.2, 0.25) is 0 Å². The van der Waals surface area contributed by atoms with Crippen LogP contribution in [0.3, 0.4) is 0 Å². The number of carboxylic acids is 1. The van der Waals surface area contributed by atoms with Crippen LogP contribution in [-0.2, 0) is 19.2 Å². The standard InChI is InChI=1S/C15H14ClN3O5S/c16-8(6-20)11(15(23)24)19-13(22)10(14(19)25)18-12(21)9(17)7-4-2-1-3-5-7/h1-6,9-10,14,25H,17H2,(H,18,21)(H,23,24)/t9-,10-,14-/m1/s1. The van der Waals surface area contributed by atoms with Gasteiger partial charge in [-0.3, -0.25) is 19.3 Å². The molecule has 1 aliphatic heterocycles. The van der Waals surface area contributed by atoms with E-state index in [1.165, 1.54) is 0 Å². The molecule has 4 N–H and O–H groups in total. The fourth-order valence-corrected chi connectivity index (χ4v) is 2.89. The number of nitrogens with zero attached hydrogens (tertiary/aromatic N) is 1. The first-order valence-corrected chi connectivity index (χ1v) is 7.89. The van der Waals surface area contributed by atoms with E-state index in [9.17, 15) is 19.2 Å². The summed E-state index contributed by atoms with van der Waals surface area (Å²) < 4.78 is 0. The molecule has 25 heavy (non-hydrogen) atoms. The van der Waals surface area contributed by atoms with Crippen LogP contribution in [0.1, 0.15) is 11.6 Å². The summed E-state index contributed by atoms with van der Waals surface area (Å²) in [6.07, 6.45) is 0.107. The summed E-state index contributed by atoms with van der Waals surface area (Å²) in [7, 11) is 0. The SMILES string of the molecule is N[C@@H](C(=O)N[C@@H]1C(=O)N(C(C(=O)O)=C(Cl)C=O)[C@@H]1S)c1ccccc1. The fraction of sp³-hybridized carbons (Fsp3) is 0.200. The summed E-state index contributed by atoms with van der Waals surface area (Å²) in [6, 6.07) is 6.42. The summed E-state index contributed by atoms with van der Waals surface area (Å²) >= 11 is 9.65. The van der Waals surface area contributed by atoms with E-state index >= 15 is 0 Å². The first-order chi connectivity index (χ1) is 11.8. The van der Waals surface area contributed by atoms with Crippen molar-refractivity contribution in [3.8, 4) is 0 Å². The highest BCUT2D eigenvalue weighted by molar-refractivity contribution is 7.81. The predicted octanol–water partition coefficient (Wildman–Crippen LogP) is 0.00320. The van der Waals surface area contributed by atoms with Crippen molar-refractivity contribution in [2.45, 2.75) is 17.5 Å². The molecule has 0 radical (unpaired) electrons. The van der Waals surface area contributed by atoms with Crippen LogP contribution in [0.15, 0.2) is 41.1 Å². The number of aliphatic carboxylic acids is 1. The van der Waals surface area contributed by atoms with Gasteiger partial charge in [0, 0.05) is 0 Å². The molecular formula is C15H14ClN3O5S. The van der Waals surface area contributed by atoms with E-state index in [1.807, 2.05) is 0 Å². The Kier molecular flexibility index (Phi) is 5.83. The Morgan fingerprint density at radius 1 is 1.36 bits per heavy atom. The van der Waals surface area contributed by atoms with Gasteiger partial charge in [0.15, 0.2) is 12.0 Å². The molecule has 0 aliphatic carbocycles. The van der Waals surface area contributed by atoms with Crippen LogP contribution in [0, 0.1) is 0 Å². The van der Waals surface area contributed by atoms with Gasteiger partial charge in [-0.25, -0.2) is 4.79 Å². The molecule has 132 valence electrons. The van der Waals surface area contributed by atoms with E-state index in [4.69, 9.17) is 22.4 Å². The smallest absolute Gasteiger partial charge is 0.354 e. The molecule has 8 nitrogen and oxygen atoms in total. The summed E-state index contributed by atoms with van der Waals surface area (Å²) in [5, 5.41) is 9.88. The normalized spacial score (nSPS) is 21.7. The first-order valence-electron chi connectivity index (χ1n) is 7.00. The number of benzene rings is 1. The van der Waals surface area contributed by atoms with Crippen molar-refractivity contribution in [2.75, 3.05) is 0 Å². The van der Waals surface area contributed by atoms with Crippen molar-refractivity contribution < 1.29 is 24.3 Å².